The van der Waals surface area contributed by atoms with Crippen molar-refractivity contribution >= 4 is 23.5 Å². The first-order valence-corrected chi connectivity index (χ1v) is 8.73. The number of rotatable bonds is 5. The molecular formula is C20H19F2N3O3. The maximum absolute atomic E-state index is 14.2. The molecule has 4 amide bonds. The number of hydrogen-bond acceptors (Lipinski definition) is 3. The van der Waals surface area contributed by atoms with Crippen molar-refractivity contribution in [2.24, 2.45) is 0 Å². The quantitative estimate of drug-likeness (QED) is 0.775. The van der Waals surface area contributed by atoms with E-state index in [9.17, 15) is 23.2 Å². The van der Waals surface area contributed by atoms with Crippen molar-refractivity contribution in [3.63, 3.8) is 0 Å². The zero-order valence-electron chi connectivity index (χ0n) is 15.4. The highest BCUT2D eigenvalue weighted by molar-refractivity contribution is 6.10. The number of para-hydroxylation sites is 1. The topological polar surface area (TPSA) is 78.5 Å². The van der Waals surface area contributed by atoms with Crippen LogP contribution in [-0.4, -0.2) is 29.3 Å². The highest BCUT2D eigenvalue weighted by Crippen LogP contribution is 2.31. The highest BCUT2D eigenvalue weighted by atomic mass is 19.1. The van der Waals surface area contributed by atoms with Crippen LogP contribution < -0.4 is 10.6 Å². The van der Waals surface area contributed by atoms with Crippen LogP contribution in [-0.2, 0) is 21.5 Å². The highest BCUT2D eigenvalue weighted by Gasteiger charge is 2.50. The minimum Gasteiger partial charge on any atom is -0.324 e. The largest absolute Gasteiger partial charge is 0.325 e. The minimum atomic E-state index is -1.80. The minimum absolute atomic E-state index is 0.301. The molecule has 1 atom stereocenters. The third-order valence-electron chi connectivity index (χ3n) is 4.72. The first-order valence-electron chi connectivity index (χ1n) is 8.73. The molecule has 0 radical (unpaired) electrons. The second kappa shape index (κ2) is 7.38. The lowest BCUT2D eigenvalue weighted by Crippen LogP contribution is -2.42. The molecule has 146 valence electrons. The molecule has 1 aliphatic heterocycles. The fourth-order valence-corrected chi connectivity index (χ4v) is 3.19. The van der Waals surface area contributed by atoms with Crippen molar-refractivity contribution in [2.45, 2.75) is 25.8 Å². The van der Waals surface area contributed by atoms with Crippen LogP contribution in [0.1, 0.15) is 25.0 Å². The Morgan fingerprint density at radius 1 is 1.18 bits per heavy atom. The van der Waals surface area contributed by atoms with E-state index in [0.29, 0.717) is 17.0 Å². The van der Waals surface area contributed by atoms with Crippen molar-refractivity contribution in [2.75, 3.05) is 11.9 Å². The zero-order chi connectivity index (χ0) is 20.5. The molecule has 0 aliphatic carbocycles. The van der Waals surface area contributed by atoms with Gasteiger partial charge in [-0.05, 0) is 43.2 Å². The number of amides is 4. The monoisotopic (exact) mass is 387 g/mol. The fraction of sp³-hybridized carbons (Fsp3) is 0.250. The van der Waals surface area contributed by atoms with Crippen LogP contribution in [0, 0.1) is 11.6 Å². The van der Waals surface area contributed by atoms with Crippen LogP contribution in [0.5, 0.6) is 0 Å². The summed E-state index contributed by atoms with van der Waals surface area (Å²) in [5.74, 6) is -2.98. The molecule has 1 aliphatic rings. The van der Waals surface area contributed by atoms with Gasteiger partial charge in [0.1, 0.15) is 23.7 Å². The average molecular weight is 387 g/mol. The third-order valence-corrected chi connectivity index (χ3v) is 4.72. The van der Waals surface area contributed by atoms with Gasteiger partial charge in [0.25, 0.3) is 5.91 Å². The molecule has 2 aromatic carbocycles. The van der Waals surface area contributed by atoms with E-state index in [2.05, 4.69) is 10.6 Å². The first-order chi connectivity index (χ1) is 13.3. The normalized spacial score (nSPS) is 18.9. The lowest BCUT2D eigenvalue weighted by molar-refractivity contribution is -0.133. The predicted octanol–water partition coefficient (Wildman–Crippen LogP) is 2.93. The molecule has 6 nitrogen and oxygen atoms in total. The lowest BCUT2D eigenvalue weighted by atomic mass is 9.91. The van der Waals surface area contributed by atoms with Gasteiger partial charge in [-0.1, -0.05) is 25.1 Å². The van der Waals surface area contributed by atoms with Gasteiger partial charge in [-0.2, -0.15) is 0 Å². The molecule has 2 aromatic rings. The van der Waals surface area contributed by atoms with Crippen molar-refractivity contribution in [3.05, 3.63) is 65.2 Å². The van der Waals surface area contributed by atoms with Crippen LogP contribution in [0.15, 0.2) is 42.5 Å². The van der Waals surface area contributed by atoms with E-state index >= 15 is 0 Å². The number of urea groups is 1. The summed E-state index contributed by atoms with van der Waals surface area (Å²) in [5, 5.41) is 5.03. The van der Waals surface area contributed by atoms with Crippen LogP contribution in [0.25, 0.3) is 0 Å². The summed E-state index contributed by atoms with van der Waals surface area (Å²) < 4.78 is 27.7. The number of anilines is 1. The maximum Gasteiger partial charge on any atom is 0.325 e. The Bertz CT molecular complexity index is 963. The molecule has 0 unspecified atom stereocenters. The van der Waals surface area contributed by atoms with Crippen molar-refractivity contribution < 1.29 is 23.2 Å². The predicted molar refractivity (Wildman–Crippen MR) is 98.4 cm³/mol. The van der Waals surface area contributed by atoms with Gasteiger partial charge in [0.2, 0.25) is 5.91 Å². The molecule has 0 bridgehead atoms. The second-order valence-corrected chi connectivity index (χ2v) is 6.63. The zero-order valence-corrected chi connectivity index (χ0v) is 15.4. The van der Waals surface area contributed by atoms with Gasteiger partial charge in [0.05, 0.1) is 0 Å². The van der Waals surface area contributed by atoms with Crippen molar-refractivity contribution in [1.29, 1.82) is 0 Å². The lowest BCUT2D eigenvalue weighted by Gasteiger charge is -2.22. The molecule has 1 fully saturated rings. The van der Waals surface area contributed by atoms with E-state index < -0.39 is 41.6 Å². The van der Waals surface area contributed by atoms with Crippen molar-refractivity contribution in [1.82, 2.24) is 10.2 Å². The summed E-state index contributed by atoms with van der Waals surface area (Å²) in [7, 11) is 0. The molecule has 0 spiro atoms. The second-order valence-electron chi connectivity index (χ2n) is 6.63. The molecule has 8 heteroatoms. The summed E-state index contributed by atoms with van der Waals surface area (Å²) >= 11 is 0. The number of benzene rings is 2. The summed E-state index contributed by atoms with van der Waals surface area (Å²) in [6.07, 6.45) is 0.691. The van der Waals surface area contributed by atoms with E-state index in [0.717, 1.165) is 23.8 Å². The smallest absolute Gasteiger partial charge is 0.324 e. The first kappa shape index (κ1) is 19.5. The molecule has 2 N–H and O–H groups in total. The van der Waals surface area contributed by atoms with E-state index in [1.807, 2.05) is 19.1 Å². The van der Waals surface area contributed by atoms with Gasteiger partial charge >= 0.3 is 6.03 Å². The maximum atomic E-state index is 14.2. The fourth-order valence-electron chi connectivity index (χ4n) is 3.19. The number of carbonyl (C=O) groups is 3. The van der Waals surface area contributed by atoms with Gasteiger partial charge in [-0.15, -0.1) is 0 Å². The van der Waals surface area contributed by atoms with Crippen LogP contribution in [0.4, 0.5) is 19.3 Å². The van der Waals surface area contributed by atoms with Gasteiger partial charge in [-0.3, -0.25) is 14.5 Å². The van der Waals surface area contributed by atoms with E-state index in [1.165, 1.54) is 6.92 Å². The van der Waals surface area contributed by atoms with Crippen molar-refractivity contribution in [3.8, 4) is 0 Å². The molecule has 1 heterocycles. The summed E-state index contributed by atoms with van der Waals surface area (Å²) in [6.45, 7) is 2.66. The number of imide groups is 1. The number of aryl methyl sites for hydroxylation is 1. The van der Waals surface area contributed by atoms with Crippen LogP contribution in [0.2, 0.25) is 0 Å². The Morgan fingerprint density at radius 2 is 1.89 bits per heavy atom. The van der Waals surface area contributed by atoms with E-state index in [4.69, 9.17) is 0 Å². The van der Waals surface area contributed by atoms with Gasteiger partial charge in [0.15, 0.2) is 0 Å². The van der Waals surface area contributed by atoms with Gasteiger partial charge in [-0.25, -0.2) is 13.6 Å². The number of hydrogen-bond donors (Lipinski definition) is 2. The molecule has 0 saturated carbocycles. The standard InChI is InChI=1S/C20H19F2N3O3/c1-3-12-6-4-5-7-16(12)23-17(26)11-25-18(27)20(2,24-19(25)28)14-10-13(21)8-9-15(14)22/h4-10H,3,11H2,1-2H3,(H,23,26)(H,24,28)/t20-/m1/s1. The van der Waals surface area contributed by atoms with Crippen LogP contribution >= 0.6 is 0 Å². The van der Waals surface area contributed by atoms with Gasteiger partial charge in [0, 0.05) is 11.3 Å². The number of nitrogens with one attached hydrogen (secondary N) is 2. The van der Waals surface area contributed by atoms with E-state index in [-0.39, 0.29) is 5.56 Å². The molecule has 1 saturated heterocycles. The summed E-state index contributed by atoms with van der Waals surface area (Å²) in [5.41, 5.74) is -0.615. The third kappa shape index (κ3) is 3.45. The molecular weight excluding hydrogens is 368 g/mol. The summed E-state index contributed by atoms with van der Waals surface area (Å²) in [4.78, 5) is 38.1. The Balaban J connectivity index is 1.80. The van der Waals surface area contributed by atoms with Crippen LogP contribution in [0.3, 0.4) is 0 Å². The Labute approximate surface area is 160 Å². The Kier molecular flexibility index (Phi) is 5.13. The SMILES string of the molecule is CCc1ccccc1NC(=O)CN1C(=O)N[C@](C)(c2cc(F)ccc2F)C1=O. The number of carbonyl (C=O) groups excluding carboxylic acids is 3. The number of nitrogens with zero attached hydrogens (tertiary/aromatic N) is 1. The summed E-state index contributed by atoms with van der Waals surface area (Å²) in [6, 6.07) is 8.97. The molecule has 0 aromatic heterocycles. The molecule has 28 heavy (non-hydrogen) atoms. The number of halogens is 2. The van der Waals surface area contributed by atoms with E-state index in [1.54, 1.807) is 12.1 Å². The Morgan fingerprint density at radius 3 is 2.61 bits per heavy atom. The van der Waals surface area contributed by atoms with Gasteiger partial charge < -0.3 is 10.6 Å². The average Bonchev–Trinajstić information content (AvgIpc) is 2.88. The molecule has 3 rings (SSSR count). The Hall–Kier alpha value is -3.29.